The Labute approximate surface area is 183 Å². The standard InChI is InChI=1S/C22H33N5O4/c1-17(28)21(29)31-16-20-24-22(26(2)25-20)23-10-7-13-30-19-9-6-8-18(14-19)15-27-11-4-3-5-12-27/h6,8-9,14,17,28H,3-5,7,10-13,15-16H2,1-2H3,(H,23,24,25). The number of likely N-dealkylation sites (tertiary alicyclic amines) is 1. The van der Waals surface area contributed by atoms with Crippen LogP contribution >= 0.6 is 0 Å². The van der Waals surface area contributed by atoms with E-state index in [2.05, 4.69) is 38.5 Å². The molecular weight excluding hydrogens is 398 g/mol. The molecule has 1 aliphatic rings. The Hall–Kier alpha value is -2.65. The summed E-state index contributed by atoms with van der Waals surface area (Å²) in [5.74, 6) is 1.17. The van der Waals surface area contributed by atoms with E-state index in [0.717, 1.165) is 18.7 Å². The number of benzene rings is 1. The van der Waals surface area contributed by atoms with Crippen molar-refractivity contribution in [2.45, 2.75) is 51.9 Å². The van der Waals surface area contributed by atoms with Crippen LogP contribution in [0.5, 0.6) is 5.75 Å². The summed E-state index contributed by atoms with van der Waals surface area (Å²) in [6, 6.07) is 8.34. The fourth-order valence-corrected chi connectivity index (χ4v) is 3.48. The molecule has 1 fully saturated rings. The summed E-state index contributed by atoms with van der Waals surface area (Å²) in [5.41, 5.74) is 1.29. The molecule has 2 heterocycles. The third kappa shape index (κ3) is 7.52. The zero-order valence-electron chi connectivity index (χ0n) is 18.4. The van der Waals surface area contributed by atoms with Crippen LogP contribution in [0.4, 0.5) is 5.95 Å². The first kappa shape index (κ1) is 23.0. The molecular formula is C22H33N5O4. The first-order chi connectivity index (χ1) is 15.0. The van der Waals surface area contributed by atoms with Crippen LogP contribution in [0, 0.1) is 0 Å². The number of aliphatic hydroxyl groups is 1. The minimum Gasteiger partial charge on any atom is -0.494 e. The lowest BCUT2D eigenvalue weighted by Crippen LogP contribution is -2.29. The van der Waals surface area contributed by atoms with Crippen molar-refractivity contribution in [1.82, 2.24) is 19.7 Å². The molecule has 9 nitrogen and oxygen atoms in total. The van der Waals surface area contributed by atoms with Crippen LogP contribution in [0.15, 0.2) is 24.3 Å². The number of aryl methyl sites for hydroxylation is 1. The SMILES string of the molecule is CC(O)C(=O)OCc1nc(NCCCOc2cccc(CN3CCCCC3)c2)n(C)n1. The van der Waals surface area contributed by atoms with E-state index in [1.54, 1.807) is 11.7 Å². The van der Waals surface area contributed by atoms with Gasteiger partial charge in [0, 0.05) is 20.1 Å². The van der Waals surface area contributed by atoms with Gasteiger partial charge in [0.15, 0.2) is 12.4 Å². The maximum atomic E-state index is 11.3. The van der Waals surface area contributed by atoms with E-state index >= 15 is 0 Å². The van der Waals surface area contributed by atoms with E-state index in [4.69, 9.17) is 14.6 Å². The van der Waals surface area contributed by atoms with Crippen LogP contribution in [0.3, 0.4) is 0 Å². The van der Waals surface area contributed by atoms with E-state index in [-0.39, 0.29) is 6.61 Å². The number of ether oxygens (including phenoxy) is 2. The topological polar surface area (TPSA) is 102 Å². The van der Waals surface area contributed by atoms with Crippen molar-refractivity contribution < 1.29 is 19.4 Å². The van der Waals surface area contributed by atoms with Gasteiger partial charge in [-0.1, -0.05) is 18.6 Å². The van der Waals surface area contributed by atoms with E-state index in [0.29, 0.717) is 24.9 Å². The largest absolute Gasteiger partial charge is 0.494 e. The Bertz CT molecular complexity index is 833. The van der Waals surface area contributed by atoms with Gasteiger partial charge < -0.3 is 19.9 Å². The van der Waals surface area contributed by atoms with Crippen molar-refractivity contribution >= 4 is 11.9 Å². The molecule has 1 saturated heterocycles. The van der Waals surface area contributed by atoms with Crippen LogP contribution in [-0.4, -0.2) is 63.1 Å². The molecule has 3 rings (SSSR count). The van der Waals surface area contributed by atoms with Gasteiger partial charge in [0.25, 0.3) is 0 Å². The lowest BCUT2D eigenvalue weighted by Gasteiger charge is -2.26. The smallest absolute Gasteiger partial charge is 0.335 e. The number of hydrogen-bond donors (Lipinski definition) is 2. The van der Waals surface area contributed by atoms with Crippen molar-refractivity contribution in [2.75, 3.05) is 31.6 Å². The van der Waals surface area contributed by atoms with Gasteiger partial charge in [-0.15, -0.1) is 0 Å². The zero-order chi connectivity index (χ0) is 22.1. The quantitative estimate of drug-likeness (QED) is 0.412. The number of esters is 1. The van der Waals surface area contributed by atoms with Crippen molar-refractivity contribution in [3.05, 3.63) is 35.7 Å². The average Bonchev–Trinajstić information content (AvgIpc) is 3.12. The van der Waals surface area contributed by atoms with Gasteiger partial charge >= 0.3 is 5.97 Å². The number of rotatable bonds is 11. The molecule has 0 saturated carbocycles. The molecule has 1 unspecified atom stereocenters. The summed E-state index contributed by atoms with van der Waals surface area (Å²) in [5, 5.41) is 16.6. The van der Waals surface area contributed by atoms with Crippen LogP contribution in [0.2, 0.25) is 0 Å². The van der Waals surface area contributed by atoms with Crippen LogP contribution in [0.25, 0.3) is 0 Å². The molecule has 1 aromatic carbocycles. The van der Waals surface area contributed by atoms with Crippen LogP contribution in [-0.2, 0) is 29.7 Å². The number of hydrogen-bond acceptors (Lipinski definition) is 8. The highest BCUT2D eigenvalue weighted by molar-refractivity contribution is 5.73. The number of nitrogens with zero attached hydrogens (tertiary/aromatic N) is 4. The Morgan fingerprint density at radius 1 is 1.29 bits per heavy atom. The molecule has 0 spiro atoms. The molecule has 2 N–H and O–H groups in total. The average molecular weight is 432 g/mol. The number of carbonyl (C=O) groups excluding carboxylic acids is 1. The maximum Gasteiger partial charge on any atom is 0.335 e. The molecule has 1 aliphatic heterocycles. The third-order valence-electron chi connectivity index (χ3n) is 5.12. The van der Waals surface area contributed by atoms with Gasteiger partial charge in [0.05, 0.1) is 6.61 Å². The monoisotopic (exact) mass is 431 g/mol. The van der Waals surface area contributed by atoms with Crippen molar-refractivity contribution in [3.8, 4) is 5.75 Å². The van der Waals surface area contributed by atoms with E-state index < -0.39 is 12.1 Å². The Morgan fingerprint density at radius 3 is 2.87 bits per heavy atom. The fourth-order valence-electron chi connectivity index (χ4n) is 3.48. The molecule has 0 aliphatic carbocycles. The molecule has 170 valence electrons. The first-order valence-electron chi connectivity index (χ1n) is 10.9. The van der Waals surface area contributed by atoms with Crippen molar-refractivity contribution in [3.63, 3.8) is 0 Å². The summed E-state index contributed by atoms with van der Waals surface area (Å²) in [7, 11) is 1.76. The van der Waals surface area contributed by atoms with Gasteiger partial charge in [-0.25, -0.2) is 9.48 Å². The second kappa shape index (κ2) is 11.7. The summed E-state index contributed by atoms with van der Waals surface area (Å²) in [6.45, 7) is 5.90. The molecule has 1 atom stereocenters. The van der Waals surface area contributed by atoms with Gasteiger partial charge in [-0.3, -0.25) is 4.90 Å². The van der Waals surface area contributed by atoms with Crippen molar-refractivity contribution in [1.29, 1.82) is 0 Å². The van der Waals surface area contributed by atoms with Gasteiger partial charge in [0.2, 0.25) is 5.95 Å². The number of nitrogens with one attached hydrogen (secondary N) is 1. The number of piperidine rings is 1. The fraction of sp³-hybridized carbons (Fsp3) is 0.591. The molecule has 9 heteroatoms. The van der Waals surface area contributed by atoms with Gasteiger partial charge in [0.1, 0.15) is 11.9 Å². The molecule has 2 aromatic rings. The summed E-state index contributed by atoms with van der Waals surface area (Å²) >= 11 is 0. The Morgan fingerprint density at radius 2 is 2.10 bits per heavy atom. The number of aromatic nitrogens is 3. The molecule has 0 bridgehead atoms. The third-order valence-corrected chi connectivity index (χ3v) is 5.12. The predicted octanol–water partition coefficient (Wildman–Crippen LogP) is 2.11. The normalized spacial score (nSPS) is 15.5. The van der Waals surface area contributed by atoms with E-state index in [1.807, 2.05) is 6.07 Å². The van der Waals surface area contributed by atoms with Gasteiger partial charge in [-0.2, -0.15) is 10.1 Å². The van der Waals surface area contributed by atoms with Crippen LogP contribution in [0.1, 0.15) is 44.0 Å². The minimum absolute atomic E-state index is 0.0733. The van der Waals surface area contributed by atoms with Crippen molar-refractivity contribution in [2.24, 2.45) is 7.05 Å². The second-order valence-corrected chi connectivity index (χ2v) is 7.87. The summed E-state index contributed by atoms with van der Waals surface area (Å²) < 4.78 is 12.4. The molecule has 31 heavy (non-hydrogen) atoms. The van der Waals surface area contributed by atoms with Gasteiger partial charge in [-0.05, 0) is 57.0 Å². The second-order valence-electron chi connectivity index (χ2n) is 7.87. The summed E-state index contributed by atoms with van der Waals surface area (Å²) in [6.07, 6.45) is 3.58. The Balaban J connectivity index is 1.36. The highest BCUT2D eigenvalue weighted by Crippen LogP contribution is 2.17. The highest BCUT2D eigenvalue weighted by Gasteiger charge is 2.13. The minimum atomic E-state index is -1.16. The molecule has 1 aromatic heterocycles. The Kier molecular flexibility index (Phi) is 8.66. The summed E-state index contributed by atoms with van der Waals surface area (Å²) in [4.78, 5) is 18.1. The predicted molar refractivity (Wildman–Crippen MR) is 117 cm³/mol. The zero-order valence-corrected chi connectivity index (χ0v) is 18.4. The van der Waals surface area contributed by atoms with Crippen LogP contribution < -0.4 is 10.1 Å². The lowest BCUT2D eigenvalue weighted by atomic mass is 10.1. The van der Waals surface area contributed by atoms with E-state index in [9.17, 15) is 4.79 Å². The first-order valence-corrected chi connectivity index (χ1v) is 10.9. The molecule has 0 amide bonds. The number of anilines is 1. The highest BCUT2D eigenvalue weighted by atomic mass is 16.5. The maximum absolute atomic E-state index is 11.3. The number of aliphatic hydroxyl groups excluding tert-OH is 1. The molecule has 0 radical (unpaired) electrons. The lowest BCUT2D eigenvalue weighted by molar-refractivity contribution is -0.154. The van der Waals surface area contributed by atoms with E-state index in [1.165, 1.54) is 44.8 Å². The number of carbonyl (C=O) groups is 1.